The van der Waals surface area contributed by atoms with Crippen LogP contribution in [-0.4, -0.2) is 30.8 Å². The topological polar surface area (TPSA) is 49.8 Å². The van der Waals surface area contributed by atoms with E-state index in [-0.39, 0.29) is 18.4 Å². The van der Waals surface area contributed by atoms with Crippen LogP contribution < -0.4 is 9.64 Å². The summed E-state index contributed by atoms with van der Waals surface area (Å²) in [5, 5.41) is 9.70. The molecule has 1 heterocycles. The number of nitrogens with zero attached hydrogens (tertiary/aromatic N) is 1. The van der Waals surface area contributed by atoms with Crippen molar-refractivity contribution < 1.29 is 14.6 Å². The lowest BCUT2D eigenvalue weighted by Gasteiger charge is -2.20. The van der Waals surface area contributed by atoms with Crippen molar-refractivity contribution >= 4 is 23.2 Å². The maximum atomic E-state index is 11.9. The molecule has 0 radical (unpaired) electrons. The first-order valence-electron chi connectivity index (χ1n) is 5.99. The van der Waals surface area contributed by atoms with Crippen LogP contribution in [0.15, 0.2) is 18.2 Å². The van der Waals surface area contributed by atoms with Crippen molar-refractivity contribution in [3.8, 4) is 5.75 Å². The molecule has 5 heteroatoms. The van der Waals surface area contributed by atoms with Crippen molar-refractivity contribution in [2.75, 3.05) is 24.7 Å². The van der Waals surface area contributed by atoms with Crippen LogP contribution in [0.5, 0.6) is 5.75 Å². The molecule has 1 atom stereocenters. The van der Waals surface area contributed by atoms with Gasteiger partial charge < -0.3 is 14.7 Å². The van der Waals surface area contributed by atoms with Crippen LogP contribution in [0.1, 0.15) is 13.3 Å². The van der Waals surface area contributed by atoms with E-state index >= 15 is 0 Å². The van der Waals surface area contributed by atoms with Crippen LogP contribution in [0.25, 0.3) is 0 Å². The molecule has 1 unspecified atom stereocenters. The van der Waals surface area contributed by atoms with Crippen LogP contribution in [0.4, 0.5) is 5.69 Å². The van der Waals surface area contributed by atoms with E-state index in [1.54, 1.807) is 23.1 Å². The average molecular weight is 270 g/mol. The molecule has 0 saturated carbocycles. The summed E-state index contributed by atoms with van der Waals surface area (Å²) in [5.41, 5.74) is 0.685. The molecule has 18 heavy (non-hydrogen) atoms. The van der Waals surface area contributed by atoms with Crippen LogP contribution in [-0.2, 0) is 4.79 Å². The van der Waals surface area contributed by atoms with Crippen LogP contribution >= 0.6 is 11.6 Å². The van der Waals surface area contributed by atoms with E-state index in [0.717, 1.165) is 0 Å². The van der Waals surface area contributed by atoms with Crippen LogP contribution in [0.3, 0.4) is 0 Å². The third-order valence-corrected chi connectivity index (χ3v) is 3.21. The molecular weight excluding hydrogens is 254 g/mol. The molecule has 4 nitrogen and oxygen atoms in total. The summed E-state index contributed by atoms with van der Waals surface area (Å²) in [6.07, 6.45) is 0.370. The SMILES string of the molecule is CCOc1ccc(Cl)cc1N1CC(CO)CC1=O. The van der Waals surface area contributed by atoms with Gasteiger partial charge in [0.1, 0.15) is 5.75 Å². The van der Waals surface area contributed by atoms with Crippen LogP contribution in [0.2, 0.25) is 5.02 Å². The zero-order chi connectivity index (χ0) is 13.1. The minimum atomic E-state index is -0.00837. The van der Waals surface area contributed by atoms with Crippen molar-refractivity contribution in [1.82, 2.24) is 0 Å². The zero-order valence-electron chi connectivity index (χ0n) is 10.2. The first kappa shape index (κ1) is 13.2. The molecule has 1 aromatic rings. The Morgan fingerprint density at radius 2 is 2.33 bits per heavy atom. The lowest BCUT2D eigenvalue weighted by Crippen LogP contribution is -2.25. The van der Waals surface area contributed by atoms with Gasteiger partial charge >= 0.3 is 0 Å². The Morgan fingerprint density at radius 1 is 1.56 bits per heavy atom. The molecule has 1 saturated heterocycles. The maximum absolute atomic E-state index is 11.9. The third kappa shape index (κ3) is 2.60. The molecule has 2 rings (SSSR count). The minimum Gasteiger partial charge on any atom is -0.492 e. The quantitative estimate of drug-likeness (QED) is 0.911. The highest BCUT2D eigenvalue weighted by molar-refractivity contribution is 6.31. The van der Waals surface area contributed by atoms with Gasteiger partial charge in [-0.15, -0.1) is 0 Å². The van der Waals surface area contributed by atoms with Gasteiger partial charge in [-0.05, 0) is 25.1 Å². The molecule has 1 amide bonds. The number of anilines is 1. The zero-order valence-corrected chi connectivity index (χ0v) is 11.0. The van der Waals surface area contributed by atoms with Crippen LogP contribution in [0, 0.1) is 5.92 Å². The Bertz CT molecular complexity index is 450. The Hall–Kier alpha value is -1.26. The fraction of sp³-hybridized carbons (Fsp3) is 0.462. The number of carbonyl (C=O) groups excluding carboxylic acids is 1. The van der Waals surface area contributed by atoms with Crippen molar-refractivity contribution in [2.24, 2.45) is 5.92 Å². The van der Waals surface area contributed by atoms with Gasteiger partial charge in [0.25, 0.3) is 0 Å². The Kier molecular flexibility index (Phi) is 4.09. The molecule has 1 fully saturated rings. The van der Waals surface area contributed by atoms with Gasteiger partial charge in [0.2, 0.25) is 5.91 Å². The summed E-state index contributed by atoms with van der Waals surface area (Å²) in [7, 11) is 0. The predicted octanol–water partition coefficient (Wildman–Crippen LogP) is 2.08. The van der Waals surface area contributed by atoms with Crippen molar-refractivity contribution in [3.05, 3.63) is 23.2 Å². The fourth-order valence-electron chi connectivity index (χ4n) is 2.12. The molecule has 1 N–H and O–H groups in total. The summed E-state index contributed by atoms with van der Waals surface area (Å²) in [5.74, 6) is 0.636. The highest BCUT2D eigenvalue weighted by Crippen LogP contribution is 2.35. The number of aliphatic hydroxyl groups excluding tert-OH is 1. The van der Waals surface area contributed by atoms with Gasteiger partial charge in [-0.3, -0.25) is 4.79 Å². The van der Waals surface area contributed by atoms with E-state index in [1.807, 2.05) is 6.92 Å². The number of amides is 1. The minimum absolute atomic E-state index is 0.00253. The predicted molar refractivity (Wildman–Crippen MR) is 70.2 cm³/mol. The summed E-state index contributed by atoms with van der Waals surface area (Å²) in [4.78, 5) is 13.6. The molecular formula is C13H16ClNO3. The van der Waals surface area contributed by atoms with Gasteiger partial charge in [0, 0.05) is 30.5 Å². The fourth-order valence-corrected chi connectivity index (χ4v) is 2.28. The normalized spacial score (nSPS) is 19.4. The van der Waals surface area contributed by atoms with E-state index in [2.05, 4.69) is 0 Å². The number of rotatable bonds is 4. The Balaban J connectivity index is 2.31. The Labute approximate surface area is 111 Å². The highest BCUT2D eigenvalue weighted by atomic mass is 35.5. The van der Waals surface area contributed by atoms with E-state index in [0.29, 0.717) is 36.0 Å². The van der Waals surface area contributed by atoms with Gasteiger partial charge in [-0.1, -0.05) is 11.6 Å². The first-order chi connectivity index (χ1) is 8.65. The smallest absolute Gasteiger partial charge is 0.227 e. The second kappa shape index (κ2) is 5.59. The van der Waals surface area contributed by atoms with E-state index in [1.165, 1.54) is 0 Å². The third-order valence-electron chi connectivity index (χ3n) is 2.97. The summed E-state index contributed by atoms with van der Waals surface area (Å²) < 4.78 is 5.51. The molecule has 0 aromatic heterocycles. The lowest BCUT2D eigenvalue weighted by molar-refractivity contribution is -0.117. The molecule has 98 valence electrons. The van der Waals surface area contributed by atoms with E-state index in [4.69, 9.17) is 21.4 Å². The summed E-state index contributed by atoms with van der Waals surface area (Å²) >= 11 is 5.97. The molecule has 1 aliphatic heterocycles. The molecule has 0 aliphatic carbocycles. The molecule has 0 bridgehead atoms. The van der Waals surface area contributed by atoms with Crippen molar-refractivity contribution in [1.29, 1.82) is 0 Å². The highest BCUT2D eigenvalue weighted by Gasteiger charge is 2.31. The second-order valence-corrected chi connectivity index (χ2v) is 4.74. The number of hydrogen-bond acceptors (Lipinski definition) is 3. The van der Waals surface area contributed by atoms with Gasteiger partial charge in [0.15, 0.2) is 0 Å². The van der Waals surface area contributed by atoms with Gasteiger partial charge in [-0.25, -0.2) is 0 Å². The monoisotopic (exact) mass is 269 g/mol. The van der Waals surface area contributed by atoms with Crippen molar-refractivity contribution in [3.63, 3.8) is 0 Å². The molecule has 0 spiro atoms. The summed E-state index contributed by atoms with van der Waals surface area (Å²) in [6.45, 7) is 2.95. The first-order valence-corrected chi connectivity index (χ1v) is 6.37. The van der Waals surface area contributed by atoms with Gasteiger partial charge in [-0.2, -0.15) is 0 Å². The average Bonchev–Trinajstić information content (AvgIpc) is 2.73. The largest absolute Gasteiger partial charge is 0.492 e. The van der Waals surface area contributed by atoms with E-state index < -0.39 is 0 Å². The number of ether oxygens (including phenoxy) is 1. The molecule has 1 aromatic carbocycles. The van der Waals surface area contributed by atoms with Gasteiger partial charge in [0.05, 0.1) is 12.3 Å². The number of hydrogen-bond donors (Lipinski definition) is 1. The molecule has 1 aliphatic rings. The number of carbonyl (C=O) groups is 1. The Morgan fingerprint density at radius 3 is 2.94 bits per heavy atom. The lowest BCUT2D eigenvalue weighted by atomic mass is 10.1. The number of aliphatic hydroxyl groups is 1. The number of benzene rings is 1. The maximum Gasteiger partial charge on any atom is 0.227 e. The second-order valence-electron chi connectivity index (χ2n) is 4.30. The summed E-state index contributed by atoms with van der Waals surface area (Å²) in [6, 6.07) is 5.23. The van der Waals surface area contributed by atoms with E-state index in [9.17, 15) is 4.79 Å². The van der Waals surface area contributed by atoms with Crippen molar-refractivity contribution in [2.45, 2.75) is 13.3 Å². The standard InChI is InChI=1S/C13H16ClNO3/c1-2-18-12-4-3-10(14)6-11(12)15-7-9(8-16)5-13(15)17/h3-4,6,9,16H,2,5,7-8H2,1H3. The number of halogens is 1.